The summed E-state index contributed by atoms with van der Waals surface area (Å²) in [5, 5.41) is 0. The molecule has 2 saturated heterocycles. The van der Waals surface area contributed by atoms with Gasteiger partial charge in [-0.05, 0) is 37.1 Å². The van der Waals surface area contributed by atoms with Gasteiger partial charge in [0.05, 0.1) is 7.11 Å². The molecule has 3 rings (SSSR count). The summed E-state index contributed by atoms with van der Waals surface area (Å²) in [6.07, 6.45) is 2.70. The molecule has 2 aliphatic heterocycles. The number of ether oxygens (including phenoxy) is 1. The van der Waals surface area contributed by atoms with E-state index in [-0.39, 0.29) is 0 Å². The lowest BCUT2D eigenvalue weighted by molar-refractivity contribution is 0.0737. The van der Waals surface area contributed by atoms with Gasteiger partial charge in [0.15, 0.2) is 0 Å². The highest BCUT2D eigenvalue weighted by molar-refractivity contribution is 5.29. The molecule has 2 unspecified atom stereocenters. The van der Waals surface area contributed by atoms with Crippen LogP contribution in [-0.2, 0) is 0 Å². The van der Waals surface area contributed by atoms with E-state index in [0.717, 1.165) is 24.9 Å². The maximum Gasteiger partial charge on any atom is 0.118 e. The topological polar surface area (TPSA) is 41.7 Å². The monoisotopic (exact) mass is 275 g/mol. The van der Waals surface area contributed by atoms with Crippen LogP contribution < -0.4 is 10.5 Å². The molecular formula is C16H25N3O. The Kier molecular flexibility index (Phi) is 4.24. The van der Waals surface area contributed by atoms with Crippen molar-refractivity contribution in [2.75, 3.05) is 39.8 Å². The Hall–Kier alpha value is -1.10. The van der Waals surface area contributed by atoms with Crippen molar-refractivity contribution in [1.29, 1.82) is 0 Å². The minimum absolute atomic E-state index is 0.337. The van der Waals surface area contributed by atoms with Crippen LogP contribution in [0.1, 0.15) is 24.4 Å². The molecule has 1 aromatic rings. The van der Waals surface area contributed by atoms with Gasteiger partial charge in [-0.25, -0.2) is 0 Å². The van der Waals surface area contributed by atoms with Crippen molar-refractivity contribution in [2.24, 2.45) is 5.73 Å². The Morgan fingerprint density at radius 1 is 1.25 bits per heavy atom. The Balaban J connectivity index is 1.72. The summed E-state index contributed by atoms with van der Waals surface area (Å²) in [6.45, 7) is 5.45. The zero-order valence-electron chi connectivity index (χ0n) is 12.3. The number of rotatable bonds is 4. The first-order valence-electron chi connectivity index (χ1n) is 7.64. The molecule has 0 radical (unpaired) electrons. The minimum Gasteiger partial charge on any atom is -0.497 e. The van der Waals surface area contributed by atoms with Crippen molar-refractivity contribution in [2.45, 2.75) is 24.9 Å². The van der Waals surface area contributed by atoms with Crippen molar-refractivity contribution in [1.82, 2.24) is 9.80 Å². The predicted molar refractivity (Wildman–Crippen MR) is 81.0 cm³/mol. The van der Waals surface area contributed by atoms with Crippen LogP contribution in [0.25, 0.3) is 0 Å². The summed E-state index contributed by atoms with van der Waals surface area (Å²) in [7, 11) is 1.70. The second kappa shape index (κ2) is 6.12. The van der Waals surface area contributed by atoms with Gasteiger partial charge in [0.1, 0.15) is 5.75 Å². The van der Waals surface area contributed by atoms with Gasteiger partial charge >= 0.3 is 0 Å². The summed E-state index contributed by atoms with van der Waals surface area (Å²) in [4.78, 5) is 5.20. The molecule has 20 heavy (non-hydrogen) atoms. The van der Waals surface area contributed by atoms with Crippen molar-refractivity contribution in [3.8, 4) is 5.75 Å². The van der Waals surface area contributed by atoms with Crippen molar-refractivity contribution in [3.05, 3.63) is 29.8 Å². The van der Waals surface area contributed by atoms with Crippen LogP contribution in [0.3, 0.4) is 0 Å². The molecule has 2 aliphatic rings. The average Bonchev–Trinajstić information content (AvgIpc) is 2.96. The number of methoxy groups -OCH3 is 1. The quantitative estimate of drug-likeness (QED) is 0.903. The van der Waals surface area contributed by atoms with Gasteiger partial charge in [0.2, 0.25) is 0 Å². The van der Waals surface area contributed by atoms with Crippen LogP contribution >= 0.6 is 0 Å². The molecule has 0 aliphatic carbocycles. The van der Waals surface area contributed by atoms with E-state index in [4.69, 9.17) is 10.5 Å². The summed E-state index contributed by atoms with van der Waals surface area (Å²) >= 11 is 0. The third-order valence-corrected chi connectivity index (χ3v) is 4.78. The molecule has 4 heteroatoms. The number of hydrogen-bond donors (Lipinski definition) is 1. The number of nitrogens with two attached hydrogens (primary N) is 1. The first kappa shape index (κ1) is 13.9. The average molecular weight is 275 g/mol. The van der Waals surface area contributed by atoms with Crippen LogP contribution in [-0.4, -0.2) is 55.7 Å². The fourth-order valence-corrected chi connectivity index (χ4v) is 3.62. The maximum absolute atomic E-state index is 6.06. The van der Waals surface area contributed by atoms with Crippen molar-refractivity contribution in [3.63, 3.8) is 0 Å². The fraction of sp³-hybridized carbons (Fsp3) is 0.625. The van der Waals surface area contributed by atoms with Crippen LogP contribution in [0.15, 0.2) is 24.3 Å². The van der Waals surface area contributed by atoms with E-state index >= 15 is 0 Å². The van der Waals surface area contributed by atoms with Gasteiger partial charge in [-0.1, -0.05) is 12.1 Å². The molecule has 2 N–H and O–H groups in total. The minimum atomic E-state index is 0.337. The molecule has 2 atom stereocenters. The van der Waals surface area contributed by atoms with Crippen molar-refractivity contribution < 1.29 is 4.74 Å². The van der Waals surface area contributed by atoms with E-state index in [1.807, 2.05) is 12.1 Å². The lowest BCUT2D eigenvalue weighted by Crippen LogP contribution is -2.52. The highest BCUT2D eigenvalue weighted by atomic mass is 16.5. The number of fused-ring (bicyclic) bond motifs is 1. The molecule has 1 aromatic carbocycles. The van der Waals surface area contributed by atoms with Crippen LogP contribution in [0, 0.1) is 0 Å². The fourth-order valence-electron chi connectivity index (χ4n) is 3.62. The number of piperazine rings is 1. The molecule has 2 heterocycles. The molecule has 0 amide bonds. The third kappa shape index (κ3) is 2.68. The first-order chi connectivity index (χ1) is 9.81. The van der Waals surface area contributed by atoms with Crippen molar-refractivity contribution >= 4 is 0 Å². The lowest BCUT2D eigenvalue weighted by Gasteiger charge is -2.41. The summed E-state index contributed by atoms with van der Waals surface area (Å²) in [6, 6.07) is 9.45. The van der Waals surface area contributed by atoms with E-state index in [0.29, 0.717) is 12.6 Å². The summed E-state index contributed by atoms with van der Waals surface area (Å²) in [5.41, 5.74) is 7.36. The van der Waals surface area contributed by atoms with Gasteiger partial charge in [-0.15, -0.1) is 0 Å². The zero-order valence-corrected chi connectivity index (χ0v) is 12.3. The highest BCUT2D eigenvalue weighted by Crippen LogP contribution is 2.28. The molecule has 110 valence electrons. The highest BCUT2D eigenvalue weighted by Gasteiger charge is 2.33. The molecule has 0 spiro atoms. The maximum atomic E-state index is 6.06. The van der Waals surface area contributed by atoms with Gasteiger partial charge < -0.3 is 10.5 Å². The van der Waals surface area contributed by atoms with E-state index in [1.54, 1.807) is 7.11 Å². The zero-order chi connectivity index (χ0) is 13.9. The van der Waals surface area contributed by atoms with Crippen LogP contribution in [0.4, 0.5) is 0 Å². The molecule has 0 aromatic heterocycles. The molecule has 0 saturated carbocycles. The normalized spacial score (nSPS) is 25.4. The number of nitrogens with zero attached hydrogens (tertiary/aromatic N) is 2. The molecule has 0 bridgehead atoms. The van der Waals surface area contributed by atoms with E-state index in [9.17, 15) is 0 Å². The Bertz CT molecular complexity index is 434. The summed E-state index contributed by atoms with van der Waals surface area (Å²) < 4.78 is 5.23. The van der Waals surface area contributed by atoms with Gasteiger partial charge in [-0.3, -0.25) is 9.80 Å². The third-order valence-electron chi connectivity index (χ3n) is 4.78. The standard InChI is InChI=1S/C16H25N3O/c1-20-15-6-4-13(5-7-15)16(11-17)19-10-9-18-8-2-3-14(18)12-19/h4-7,14,16H,2-3,8-12,17H2,1H3. The smallest absolute Gasteiger partial charge is 0.118 e. The van der Waals surface area contributed by atoms with E-state index in [2.05, 4.69) is 21.9 Å². The first-order valence-corrected chi connectivity index (χ1v) is 7.64. The lowest BCUT2D eigenvalue weighted by atomic mass is 10.0. The second-order valence-electron chi connectivity index (χ2n) is 5.85. The molecular weight excluding hydrogens is 250 g/mol. The number of hydrogen-bond acceptors (Lipinski definition) is 4. The van der Waals surface area contributed by atoms with Gasteiger partial charge in [0, 0.05) is 38.3 Å². The van der Waals surface area contributed by atoms with E-state index < -0.39 is 0 Å². The summed E-state index contributed by atoms with van der Waals surface area (Å²) in [5.74, 6) is 0.908. The Morgan fingerprint density at radius 2 is 2.05 bits per heavy atom. The largest absolute Gasteiger partial charge is 0.497 e. The SMILES string of the molecule is COc1ccc(C(CN)N2CCN3CCCC3C2)cc1. The second-order valence-corrected chi connectivity index (χ2v) is 5.85. The predicted octanol–water partition coefficient (Wildman–Crippen LogP) is 1.47. The molecule has 4 nitrogen and oxygen atoms in total. The van der Waals surface area contributed by atoms with Crippen LogP contribution in [0.2, 0.25) is 0 Å². The van der Waals surface area contributed by atoms with Gasteiger partial charge in [0.25, 0.3) is 0 Å². The van der Waals surface area contributed by atoms with E-state index in [1.165, 1.54) is 31.5 Å². The molecule has 2 fully saturated rings. The number of benzene rings is 1. The van der Waals surface area contributed by atoms with Crippen LogP contribution in [0.5, 0.6) is 5.75 Å². The van der Waals surface area contributed by atoms with Gasteiger partial charge in [-0.2, -0.15) is 0 Å². The Labute approximate surface area is 121 Å². The Morgan fingerprint density at radius 3 is 2.75 bits per heavy atom.